The number of hydrogen-bond donors (Lipinski definition) is 1. The minimum Gasteiger partial charge on any atom is -0.341 e. The van der Waals surface area contributed by atoms with Crippen molar-refractivity contribution in [2.75, 3.05) is 20.1 Å². The van der Waals surface area contributed by atoms with Gasteiger partial charge in [-0.15, -0.1) is 0 Å². The first kappa shape index (κ1) is 7.12. The molecule has 0 bridgehead atoms. The van der Waals surface area contributed by atoms with Crippen molar-refractivity contribution in [2.45, 2.75) is 6.42 Å². The number of amides is 2. The number of carbonyl (C=O) groups excluding carboxylic acids is 1. The van der Waals surface area contributed by atoms with Gasteiger partial charge in [0.1, 0.15) is 0 Å². The number of carbonyl (C=O) groups is 1. The van der Waals surface area contributed by atoms with Crippen molar-refractivity contribution in [3.8, 4) is 0 Å². The molecule has 1 heterocycles. The molecule has 1 N–H and O–H groups in total. The fraction of sp³-hybridized carbons (Fsp3) is 0.571. The highest BCUT2D eigenvalue weighted by atomic mass is 16.2. The molecule has 1 rings (SSSR count). The minimum atomic E-state index is 0.0179. The fourth-order valence-electron chi connectivity index (χ4n) is 0.984. The SMILES string of the molecule is CNC(=O)N1CC=CCC1. The van der Waals surface area contributed by atoms with Gasteiger partial charge in [0.25, 0.3) is 0 Å². The molecule has 10 heavy (non-hydrogen) atoms. The molecule has 56 valence electrons. The molecule has 0 unspecified atom stereocenters. The van der Waals surface area contributed by atoms with Gasteiger partial charge in [-0.05, 0) is 6.42 Å². The Hall–Kier alpha value is -0.990. The Labute approximate surface area is 60.7 Å². The topological polar surface area (TPSA) is 32.3 Å². The molecule has 0 spiro atoms. The van der Waals surface area contributed by atoms with E-state index in [0.717, 1.165) is 19.5 Å². The van der Waals surface area contributed by atoms with E-state index in [1.807, 2.05) is 6.08 Å². The van der Waals surface area contributed by atoms with Crippen LogP contribution in [-0.2, 0) is 0 Å². The van der Waals surface area contributed by atoms with Crippen molar-refractivity contribution in [1.82, 2.24) is 10.2 Å². The summed E-state index contributed by atoms with van der Waals surface area (Å²) in [5.74, 6) is 0. The van der Waals surface area contributed by atoms with E-state index < -0.39 is 0 Å². The van der Waals surface area contributed by atoms with E-state index in [9.17, 15) is 4.79 Å². The lowest BCUT2D eigenvalue weighted by atomic mass is 10.3. The fourth-order valence-corrected chi connectivity index (χ4v) is 0.984. The lowest BCUT2D eigenvalue weighted by Gasteiger charge is -2.22. The Balaban J connectivity index is 2.41. The summed E-state index contributed by atoms with van der Waals surface area (Å²) < 4.78 is 0. The zero-order valence-electron chi connectivity index (χ0n) is 6.13. The Morgan fingerprint density at radius 2 is 2.40 bits per heavy atom. The summed E-state index contributed by atoms with van der Waals surface area (Å²) in [6, 6.07) is 0.0179. The summed E-state index contributed by atoms with van der Waals surface area (Å²) in [4.78, 5) is 12.7. The predicted molar refractivity (Wildman–Crippen MR) is 39.8 cm³/mol. The monoisotopic (exact) mass is 140 g/mol. The third-order valence-corrected chi connectivity index (χ3v) is 1.56. The summed E-state index contributed by atoms with van der Waals surface area (Å²) in [6.45, 7) is 1.59. The average Bonchev–Trinajstić information content (AvgIpc) is 2.05. The molecule has 0 aromatic rings. The Bertz CT molecular complexity index is 154. The molecule has 1 aliphatic rings. The normalized spacial score (nSPS) is 17.1. The lowest BCUT2D eigenvalue weighted by Crippen LogP contribution is -2.39. The van der Waals surface area contributed by atoms with Crippen LogP contribution in [0.1, 0.15) is 6.42 Å². The molecular weight excluding hydrogens is 128 g/mol. The van der Waals surface area contributed by atoms with E-state index in [1.54, 1.807) is 11.9 Å². The Morgan fingerprint density at radius 3 is 2.90 bits per heavy atom. The highest BCUT2D eigenvalue weighted by Gasteiger charge is 2.10. The molecule has 2 amide bonds. The van der Waals surface area contributed by atoms with Crippen LogP contribution in [0.25, 0.3) is 0 Å². The average molecular weight is 140 g/mol. The molecule has 0 saturated heterocycles. The highest BCUT2D eigenvalue weighted by Crippen LogP contribution is 1.99. The first-order chi connectivity index (χ1) is 4.84. The van der Waals surface area contributed by atoms with Gasteiger partial charge in [0, 0.05) is 20.1 Å². The van der Waals surface area contributed by atoms with Crippen molar-refractivity contribution in [1.29, 1.82) is 0 Å². The number of urea groups is 1. The van der Waals surface area contributed by atoms with Crippen molar-refractivity contribution < 1.29 is 4.79 Å². The van der Waals surface area contributed by atoms with Crippen molar-refractivity contribution in [3.63, 3.8) is 0 Å². The van der Waals surface area contributed by atoms with Gasteiger partial charge >= 0.3 is 6.03 Å². The maximum Gasteiger partial charge on any atom is 0.317 e. The second-order valence-corrected chi connectivity index (χ2v) is 2.26. The zero-order chi connectivity index (χ0) is 7.40. The number of nitrogens with one attached hydrogen (secondary N) is 1. The molecular formula is C7H12N2O. The second-order valence-electron chi connectivity index (χ2n) is 2.26. The van der Waals surface area contributed by atoms with Crippen LogP contribution in [0.15, 0.2) is 12.2 Å². The predicted octanol–water partition coefficient (Wildman–Crippen LogP) is 0.588. The molecule has 0 aliphatic carbocycles. The quantitative estimate of drug-likeness (QED) is 0.491. The van der Waals surface area contributed by atoms with Crippen LogP contribution in [0.4, 0.5) is 4.79 Å². The van der Waals surface area contributed by atoms with E-state index in [0.29, 0.717) is 0 Å². The van der Waals surface area contributed by atoms with Gasteiger partial charge in [-0.25, -0.2) is 4.79 Å². The van der Waals surface area contributed by atoms with Gasteiger partial charge in [0.2, 0.25) is 0 Å². The number of nitrogens with zero attached hydrogens (tertiary/aromatic N) is 1. The van der Waals surface area contributed by atoms with Gasteiger partial charge in [-0.2, -0.15) is 0 Å². The maximum absolute atomic E-state index is 10.9. The molecule has 1 aliphatic heterocycles. The van der Waals surface area contributed by atoms with Gasteiger partial charge in [-0.1, -0.05) is 12.2 Å². The summed E-state index contributed by atoms with van der Waals surface area (Å²) in [7, 11) is 1.65. The van der Waals surface area contributed by atoms with Crippen LogP contribution < -0.4 is 5.32 Å². The van der Waals surface area contributed by atoms with E-state index >= 15 is 0 Å². The third-order valence-electron chi connectivity index (χ3n) is 1.56. The van der Waals surface area contributed by atoms with Crippen molar-refractivity contribution in [3.05, 3.63) is 12.2 Å². The van der Waals surface area contributed by atoms with Gasteiger partial charge in [0.05, 0.1) is 0 Å². The highest BCUT2D eigenvalue weighted by molar-refractivity contribution is 5.74. The van der Waals surface area contributed by atoms with E-state index in [2.05, 4.69) is 11.4 Å². The summed E-state index contributed by atoms with van der Waals surface area (Å²) in [6.07, 6.45) is 5.09. The van der Waals surface area contributed by atoms with Gasteiger partial charge in [-0.3, -0.25) is 0 Å². The lowest BCUT2D eigenvalue weighted by molar-refractivity contribution is 0.205. The standard InChI is InChI=1S/C7H12N2O/c1-8-7(10)9-5-3-2-4-6-9/h2-3H,4-6H2,1H3,(H,8,10). The summed E-state index contributed by atoms with van der Waals surface area (Å²) >= 11 is 0. The Morgan fingerprint density at radius 1 is 1.60 bits per heavy atom. The van der Waals surface area contributed by atoms with Gasteiger partial charge < -0.3 is 10.2 Å². The van der Waals surface area contributed by atoms with Gasteiger partial charge in [0.15, 0.2) is 0 Å². The molecule has 0 atom stereocenters. The molecule has 0 aromatic heterocycles. The molecule has 0 fully saturated rings. The van der Waals surface area contributed by atoms with Crippen LogP contribution in [0.2, 0.25) is 0 Å². The van der Waals surface area contributed by atoms with Crippen LogP contribution in [0.3, 0.4) is 0 Å². The third kappa shape index (κ3) is 1.50. The number of hydrogen-bond acceptors (Lipinski definition) is 1. The largest absolute Gasteiger partial charge is 0.341 e. The summed E-state index contributed by atoms with van der Waals surface area (Å²) in [5.41, 5.74) is 0. The van der Waals surface area contributed by atoms with E-state index in [-0.39, 0.29) is 6.03 Å². The first-order valence-corrected chi connectivity index (χ1v) is 3.46. The molecule has 0 radical (unpaired) electrons. The van der Waals surface area contributed by atoms with E-state index in [1.165, 1.54) is 0 Å². The zero-order valence-corrected chi connectivity index (χ0v) is 6.13. The van der Waals surface area contributed by atoms with Crippen molar-refractivity contribution >= 4 is 6.03 Å². The minimum absolute atomic E-state index is 0.0179. The molecule has 3 nitrogen and oxygen atoms in total. The van der Waals surface area contributed by atoms with Crippen LogP contribution in [-0.4, -0.2) is 31.1 Å². The molecule has 0 saturated carbocycles. The smallest absolute Gasteiger partial charge is 0.317 e. The van der Waals surface area contributed by atoms with Crippen LogP contribution in [0.5, 0.6) is 0 Å². The Kier molecular flexibility index (Phi) is 2.31. The molecule has 3 heteroatoms. The summed E-state index contributed by atoms with van der Waals surface area (Å²) in [5, 5.41) is 2.59. The maximum atomic E-state index is 10.9. The second kappa shape index (κ2) is 3.25. The first-order valence-electron chi connectivity index (χ1n) is 3.46. The van der Waals surface area contributed by atoms with E-state index in [4.69, 9.17) is 0 Å². The molecule has 0 aromatic carbocycles. The van der Waals surface area contributed by atoms with Crippen LogP contribution >= 0.6 is 0 Å². The number of rotatable bonds is 0. The van der Waals surface area contributed by atoms with Crippen molar-refractivity contribution in [2.24, 2.45) is 0 Å². The van der Waals surface area contributed by atoms with Crippen LogP contribution in [0, 0.1) is 0 Å².